The van der Waals surface area contributed by atoms with Crippen molar-refractivity contribution in [3.63, 3.8) is 0 Å². The molecule has 31 heavy (non-hydrogen) atoms. The van der Waals surface area contributed by atoms with Gasteiger partial charge in [-0.25, -0.2) is 4.98 Å². The predicted molar refractivity (Wildman–Crippen MR) is 111 cm³/mol. The van der Waals surface area contributed by atoms with Gasteiger partial charge < -0.3 is 18.9 Å². The van der Waals surface area contributed by atoms with Gasteiger partial charge in [0.1, 0.15) is 23.1 Å². The monoisotopic (exact) mass is 422 g/mol. The molecule has 160 valence electrons. The largest absolute Gasteiger partial charge is 0.380 e. The fourth-order valence-electron chi connectivity index (χ4n) is 4.16. The molecule has 6 rings (SSSR count). The number of aliphatic hydroxyl groups is 1. The van der Waals surface area contributed by atoms with Crippen molar-refractivity contribution in [1.82, 2.24) is 29.0 Å². The third-order valence-corrected chi connectivity index (χ3v) is 6.15. The van der Waals surface area contributed by atoms with Crippen LogP contribution in [0.5, 0.6) is 0 Å². The van der Waals surface area contributed by atoms with Crippen molar-refractivity contribution in [2.75, 3.05) is 32.8 Å². The number of fused-ring (bicyclic) bond motifs is 3. The normalized spacial score (nSPS) is 18.7. The van der Waals surface area contributed by atoms with Gasteiger partial charge in [-0.2, -0.15) is 4.98 Å². The number of morpholine rings is 1. The molecular formula is C21H22N6O4. The Morgan fingerprint density at radius 1 is 1.10 bits per heavy atom. The van der Waals surface area contributed by atoms with Crippen molar-refractivity contribution in [1.29, 1.82) is 0 Å². The highest BCUT2D eigenvalue weighted by atomic mass is 16.5. The zero-order valence-corrected chi connectivity index (χ0v) is 16.9. The molecule has 4 heterocycles. The predicted octanol–water partition coefficient (Wildman–Crippen LogP) is 1.01. The molecule has 2 aliphatic rings. The maximum atomic E-state index is 13.6. The molecule has 0 bridgehead atoms. The van der Waals surface area contributed by atoms with Crippen LogP contribution in [0.15, 0.2) is 39.9 Å². The lowest BCUT2D eigenvalue weighted by atomic mass is 10.2. The summed E-state index contributed by atoms with van der Waals surface area (Å²) in [7, 11) is 0. The van der Waals surface area contributed by atoms with Crippen LogP contribution >= 0.6 is 0 Å². The summed E-state index contributed by atoms with van der Waals surface area (Å²) in [6.45, 7) is 4.47. The molecule has 4 aromatic rings. The Morgan fingerprint density at radius 2 is 1.87 bits per heavy atom. The first kappa shape index (κ1) is 18.7. The van der Waals surface area contributed by atoms with Gasteiger partial charge in [-0.3, -0.25) is 14.1 Å². The van der Waals surface area contributed by atoms with E-state index >= 15 is 0 Å². The molecule has 3 aromatic heterocycles. The zero-order valence-electron chi connectivity index (χ0n) is 16.9. The summed E-state index contributed by atoms with van der Waals surface area (Å²) in [5, 5.41) is 14.3. The van der Waals surface area contributed by atoms with Gasteiger partial charge in [0.15, 0.2) is 0 Å². The average molecular weight is 422 g/mol. The Hall–Kier alpha value is -3.08. The average Bonchev–Trinajstić information content (AvgIpc) is 3.20. The van der Waals surface area contributed by atoms with Crippen LogP contribution in [-0.2, 0) is 16.9 Å². The van der Waals surface area contributed by atoms with Crippen molar-refractivity contribution >= 4 is 16.6 Å². The number of benzene rings is 1. The quantitative estimate of drug-likeness (QED) is 0.507. The molecule has 10 nitrogen and oxygen atoms in total. The summed E-state index contributed by atoms with van der Waals surface area (Å²) in [5.41, 5.74) is 1.29. The number of hydrogen-bond acceptors (Lipinski definition) is 8. The van der Waals surface area contributed by atoms with Gasteiger partial charge in [0.05, 0.1) is 24.2 Å². The summed E-state index contributed by atoms with van der Waals surface area (Å²) in [4.78, 5) is 24.7. The standard InChI is InChI=1S/C21H22N6O4/c28-19-17-16(18-23-20(31-24-18)21(29)5-6-21)22-13-27(17)15-4-2-1-3-14(15)26(19)8-7-25-9-11-30-12-10-25/h1-4,13,29H,5-12H2. The molecule has 2 fully saturated rings. The summed E-state index contributed by atoms with van der Waals surface area (Å²) in [6.07, 6.45) is 2.80. The van der Waals surface area contributed by atoms with Crippen molar-refractivity contribution in [3.05, 3.63) is 46.8 Å². The van der Waals surface area contributed by atoms with Crippen molar-refractivity contribution in [2.45, 2.75) is 25.0 Å². The van der Waals surface area contributed by atoms with Crippen LogP contribution in [0.4, 0.5) is 0 Å². The fourth-order valence-corrected chi connectivity index (χ4v) is 4.16. The first-order chi connectivity index (χ1) is 15.1. The third-order valence-electron chi connectivity index (χ3n) is 6.15. The van der Waals surface area contributed by atoms with Gasteiger partial charge in [0.25, 0.3) is 11.4 Å². The third kappa shape index (κ3) is 3.06. The van der Waals surface area contributed by atoms with Gasteiger partial charge in [-0.05, 0) is 25.0 Å². The van der Waals surface area contributed by atoms with E-state index in [0.717, 1.165) is 30.7 Å². The molecule has 0 amide bonds. The molecule has 1 saturated carbocycles. The lowest BCUT2D eigenvalue weighted by Crippen LogP contribution is -2.39. The van der Waals surface area contributed by atoms with Crippen LogP contribution < -0.4 is 5.56 Å². The SMILES string of the molecule is O=c1c2c(-c3noc(C4(O)CC4)n3)ncn2c2ccccc2n1CCN1CCOCC1. The minimum absolute atomic E-state index is 0.157. The van der Waals surface area contributed by atoms with Crippen molar-refractivity contribution < 1.29 is 14.4 Å². The number of hydrogen-bond donors (Lipinski definition) is 1. The van der Waals surface area contributed by atoms with E-state index in [1.807, 2.05) is 24.3 Å². The van der Waals surface area contributed by atoms with E-state index in [2.05, 4.69) is 20.0 Å². The van der Waals surface area contributed by atoms with Gasteiger partial charge in [0, 0.05) is 26.2 Å². The van der Waals surface area contributed by atoms with E-state index in [4.69, 9.17) is 9.26 Å². The Labute approximate surface area is 176 Å². The van der Waals surface area contributed by atoms with E-state index in [-0.39, 0.29) is 17.3 Å². The number of rotatable bonds is 5. The smallest absolute Gasteiger partial charge is 0.277 e. The van der Waals surface area contributed by atoms with Crippen LogP contribution in [0.1, 0.15) is 18.7 Å². The fraction of sp³-hybridized carbons (Fsp3) is 0.429. The Balaban J connectivity index is 1.47. The highest BCUT2D eigenvalue weighted by Crippen LogP contribution is 2.44. The number of imidazole rings is 1. The number of ether oxygens (including phenoxy) is 1. The topological polar surface area (TPSA) is 111 Å². The molecule has 1 aliphatic carbocycles. The molecule has 10 heteroatoms. The van der Waals surface area contributed by atoms with Crippen LogP contribution in [0.3, 0.4) is 0 Å². The van der Waals surface area contributed by atoms with Crippen LogP contribution in [0.2, 0.25) is 0 Å². The van der Waals surface area contributed by atoms with E-state index in [1.54, 1.807) is 15.3 Å². The number of aromatic nitrogens is 5. The molecular weight excluding hydrogens is 400 g/mol. The molecule has 0 unspecified atom stereocenters. The Morgan fingerprint density at radius 3 is 2.65 bits per heavy atom. The second-order valence-corrected chi connectivity index (χ2v) is 8.17. The highest BCUT2D eigenvalue weighted by Gasteiger charge is 2.48. The minimum atomic E-state index is -1.04. The van der Waals surface area contributed by atoms with Crippen molar-refractivity contribution in [2.24, 2.45) is 0 Å². The molecule has 1 N–H and O–H groups in total. The van der Waals surface area contributed by atoms with Gasteiger partial charge in [-0.1, -0.05) is 17.3 Å². The van der Waals surface area contributed by atoms with Crippen LogP contribution in [0, 0.1) is 0 Å². The molecule has 1 aliphatic heterocycles. The highest BCUT2D eigenvalue weighted by molar-refractivity contribution is 5.83. The molecule has 0 atom stereocenters. The van der Waals surface area contributed by atoms with Gasteiger partial charge in [0.2, 0.25) is 5.82 Å². The first-order valence-corrected chi connectivity index (χ1v) is 10.5. The van der Waals surface area contributed by atoms with E-state index in [1.165, 1.54) is 0 Å². The maximum absolute atomic E-state index is 13.6. The molecule has 0 radical (unpaired) electrons. The number of para-hydroxylation sites is 2. The summed E-state index contributed by atoms with van der Waals surface area (Å²) >= 11 is 0. The zero-order chi connectivity index (χ0) is 21.0. The van der Waals surface area contributed by atoms with E-state index in [9.17, 15) is 9.90 Å². The van der Waals surface area contributed by atoms with Gasteiger partial charge >= 0.3 is 0 Å². The van der Waals surface area contributed by atoms with E-state index in [0.29, 0.717) is 43.8 Å². The Kier molecular flexibility index (Phi) is 4.20. The second-order valence-electron chi connectivity index (χ2n) is 8.17. The molecule has 0 spiro atoms. The first-order valence-electron chi connectivity index (χ1n) is 10.5. The summed E-state index contributed by atoms with van der Waals surface area (Å²) < 4.78 is 14.3. The molecule has 1 aromatic carbocycles. The van der Waals surface area contributed by atoms with Crippen molar-refractivity contribution in [3.8, 4) is 11.5 Å². The lowest BCUT2D eigenvalue weighted by molar-refractivity contribution is 0.0364. The summed E-state index contributed by atoms with van der Waals surface area (Å²) in [6, 6.07) is 7.78. The Bertz CT molecular complexity index is 1330. The lowest BCUT2D eigenvalue weighted by Gasteiger charge is -2.27. The van der Waals surface area contributed by atoms with Crippen LogP contribution in [-0.4, -0.2) is 66.9 Å². The second kappa shape index (κ2) is 6.98. The number of nitrogens with zero attached hydrogens (tertiary/aromatic N) is 6. The van der Waals surface area contributed by atoms with E-state index < -0.39 is 5.60 Å². The van der Waals surface area contributed by atoms with Gasteiger partial charge in [-0.15, -0.1) is 0 Å². The summed E-state index contributed by atoms with van der Waals surface area (Å²) in [5.74, 6) is 0.391. The minimum Gasteiger partial charge on any atom is -0.380 e. The molecule has 1 saturated heterocycles. The maximum Gasteiger partial charge on any atom is 0.277 e. The van der Waals surface area contributed by atoms with Crippen LogP contribution in [0.25, 0.3) is 28.1 Å².